The van der Waals surface area contributed by atoms with E-state index in [9.17, 15) is 5.11 Å². The van der Waals surface area contributed by atoms with Crippen molar-refractivity contribution in [3.63, 3.8) is 0 Å². The zero-order valence-corrected chi connectivity index (χ0v) is 17.4. The van der Waals surface area contributed by atoms with Gasteiger partial charge in [-0.1, -0.05) is 92.9 Å². The smallest absolute Gasteiger partial charge is 0.0748 e. The van der Waals surface area contributed by atoms with E-state index in [2.05, 4.69) is 85.5 Å². The highest BCUT2D eigenvalue weighted by molar-refractivity contribution is 5.49. The van der Waals surface area contributed by atoms with Crippen molar-refractivity contribution in [2.24, 2.45) is 0 Å². The quantitative estimate of drug-likeness (QED) is 0.382. The van der Waals surface area contributed by atoms with Crippen LogP contribution in [0.2, 0.25) is 0 Å². The molecule has 1 N–H and O–H groups in total. The number of nitrogens with zero attached hydrogens (tertiary/aromatic N) is 1. The fraction of sp³-hybridized carbons (Fsp3) is 0.462. The molecule has 150 valence electrons. The third kappa shape index (κ3) is 6.05. The number of unbranched alkanes of at least 4 members (excludes halogenated alkanes) is 4. The van der Waals surface area contributed by atoms with Gasteiger partial charge in [-0.05, 0) is 42.9 Å². The molecule has 0 saturated carbocycles. The summed E-state index contributed by atoms with van der Waals surface area (Å²) in [6.45, 7) is 5.46. The molecule has 2 aromatic carbocycles. The van der Waals surface area contributed by atoms with Gasteiger partial charge in [0.2, 0.25) is 0 Å². The molecule has 0 radical (unpaired) electrons. The molecule has 0 amide bonds. The van der Waals surface area contributed by atoms with Crippen molar-refractivity contribution in [1.82, 2.24) is 4.90 Å². The summed E-state index contributed by atoms with van der Waals surface area (Å²) in [5.41, 5.74) is 3.79. The number of hydrogen-bond donors (Lipinski definition) is 1. The third-order valence-corrected chi connectivity index (χ3v) is 5.87. The molecule has 0 aromatic heterocycles. The summed E-state index contributed by atoms with van der Waals surface area (Å²) in [6.07, 6.45) is 11.3. The van der Waals surface area contributed by atoms with Crippen LogP contribution in [-0.4, -0.2) is 28.7 Å². The highest BCUT2D eigenvalue weighted by Crippen LogP contribution is 2.34. The number of hydrogen-bond acceptors (Lipinski definition) is 2. The summed E-state index contributed by atoms with van der Waals surface area (Å²) in [4.78, 5) is 2.38. The van der Waals surface area contributed by atoms with Gasteiger partial charge >= 0.3 is 0 Å². The Hall–Kier alpha value is -1.90. The average Bonchev–Trinajstić information content (AvgIpc) is 3.53. The summed E-state index contributed by atoms with van der Waals surface area (Å²) in [5, 5.41) is 10.7. The fourth-order valence-corrected chi connectivity index (χ4v) is 3.93. The zero-order valence-electron chi connectivity index (χ0n) is 17.4. The Kier molecular flexibility index (Phi) is 7.88. The van der Waals surface area contributed by atoms with E-state index in [1.807, 2.05) is 0 Å². The van der Waals surface area contributed by atoms with E-state index in [4.69, 9.17) is 0 Å². The molecule has 1 aliphatic heterocycles. The van der Waals surface area contributed by atoms with E-state index in [0.29, 0.717) is 6.04 Å². The van der Waals surface area contributed by atoms with Crippen LogP contribution in [0, 0.1) is 0 Å². The van der Waals surface area contributed by atoms with Crippen molar-refractivity contribution < 1.29 is 5.11 Å². The predicted octanol–water partition coefficient (Wildman–Crippen LogP) is 6.02. The Bertz CT molecular complexity index is 722. The van der Waals surface area contributed by atoms with Crippen LogP contribution in [0.5, 0.6) is 0 Å². The van der Waals surface area contributed by atoms with Gasteiger partial charge < -0.3 is 5.11 Å². The third-order valence-electron chi connectivity index (χ3n) is 5.87. The molecule has 28 heavy (non-hydrogen) atoms. The van der Waals surface area contributed by atoms with Gasteiger partial charge in [-0.15, -0.1) is 0 Å². The summed E-state index contributed by atoms with van der Waals surface area (Å²) in [5.74, 6) is 0. The first-order valence-corrected chi connectivity index (χ1v) is 10.9. The zero-order chi connectivity index (χ0) is 19.8. The maximum absolute atomic E-state index is 10.7. The second kappa shape index (κ2) is 10.6. The van der Waals surface area contributed by atoms with Crippen molar-refractivity contribution >= 4 is 6.08 Å². The van der Waals surface area contributed by atoms with Crippen molar-refractivity contribution in [3.8, 4) is 0 Å². The van der Waals surface area contributed by atoms with E-state index in [-0.39, 0.29) is 12.1 Å². The summed E-state index contributed by atoms with van der Waals surface area (Å²) >= 11 is 0. The standard InChI is InChI=1S/C26H35NO/c1-3-4-5-6-7-9-12-22-15-17-23(18-16-22)19-26(28)25-20-27(25)21(2)24-13-10-8-11-14-24/h8-18,21,25-26,28H,3-7,19-20H2,1-2H3/t21-,25?,26-,27?/m1/s1. The molecule has 3 rings (SSSR count). The van der Waals surface area contributed by atoms with Crippen LogP contribution in [0.4, 0.5) is 0 Å². The molecule has 1 aliphatic rings. The minimum atomic E-state index is -0.300. The summed E-state index contributed by atoms with van der Waals surface area (Å²) in [7, 11) is 0. The minimum Gasteiger partial charge on any atom is -0.391 e. The lowest BCUT2D eigenvalue weighted by atomic mass is 10.0. The van der Waals surface area contributed by atoms with Gasteiger partial charge in [-0.2, -0.15) is 0 Å². The Balaban J connectivity index is 1.44. The predicted molar refractivity (Wildman–Crippen MR) is 119 cm³/mol. The van der Waals surface area contributed by atoms with Crippen LogP contribution in [0.1, 0.15) is 68.7 Å². The van der Waals surface area contributed by atoms with Crippen molar-refractivity contribution in [2.45, 2.75) is 70.6 Å². The van der Waals surface area contributed by atoms with Crippen LogP contribution in [0.15, 0.2) is 60.7 Å². The first-order valence-electron chi connectivity index (χ1n) is 10.9. The van der Waals surface area contributed by atoms with Gasteiger partial charge in [0.25, 0.3) is 0 Å². The molecule has 1 fully saturated rings. The number of aliphatic hydroxyl groups excluding tert-OH is 1. The maximum atomic E-state index is 10.7. The highest BCUT2D eigenvalue weighted by atomic mass is 16.3. The number of aliphatic hydroxyl groups is 1. The van der Waals surface area contributed by atoms with Crippen molar-refractivity contribution in [2.75, 3.05) is 6.54 Å². The SMILES string of the molecule is CCCCCCC=Cc1ccc(C[C@@H](O)C2CN2[C@H](C)c2ccccc2)cc1. The van der Waals surface area contributed by atoms with Crippen LogP contribution >= 0.6 is 0 Å². The lowest BCUT2D eigenvalue weighted by Gasteiger charge is -2.17. The first kappa shape index (κ1) is 20.8. The Morgan fingerprint density at radius 3 is 2.50 bits per heavy atom. The number of allylic oxidation sites excluding steroid dienone is 1. The summed E-state index contributed by atoms with van der Waals surface area (Å²) in [6, 6.07) is 19.9. The van der Waals surface area contributed by atoms with Crippen molar-refractivity contribution in [1.29, 1.82) is 0 Å². The van der Waals surface area contributed by atoms with E-state index >= 15 is 0 Å². The monoisotopic (exact) mass is 377 g/mol. The maximum Gasteiger partial charge on any atom is 0.0748 e. The van der Waals surface area contributed by atoms with E-state index in [1.54, 1.807) is 0 Å². The molecular weight excluding hydrogens is 342 g/mol. The van der Waals surface area contributed by atoms with Gasteiger partial charge in [-0.3, -0.25) is 4.90 Å². The molecule has 2 nitrogen and oxygen atoms in total. The second-order valence-electron chi connectivity index (χ2n) is 8.12. The molecule has 4 atom stereocenters. The molecule has 1 saturated heterocycles. The van der Waals surface area contributed by atoms with Crippen LogP contribution < -0.4 is 0 Å². The Morgan fingerprint density at radius 2 is 1.79 bits per heavy atom. The number of rotatable bonds is 11. The topological polar surface area (TPSA) is 23.2 Å². The van der Waals surface area contributed by atoms with Crippen LogP contribution in [0.3, 0.4) is 0 Å². The Morgan fingerprint density at radius 1 is 1.04 bits per heavy atom. The van der Waals surface area contributed by atoms with E-state index < -0.39 is 0 Å². The van der Waals surface area contributed by atoms with Gasteiger partial charge in [0.1, 0.15) is 0 Å². The molecule has 0 aliphatic carbocycles. The van der Waals surface area contributed by atoms with Crippen LogP contribution in [0.25, 0.3) is 6.08 Å². The van der Waals surface area contributed by atoms with E-state index in [1.165, 1.54) is 42.4 Å². The van der Waals surface area contributed by atoms with Crippen molar-refractivity contribution in [3.05, 3.63) is 77.4 Å². The first-order chi connectivity index (χ1) is 13.7. The molecule has 0 spiro atoms. The molecule has 2 unspecified atom stereocenters. The molecular formula is C26H35NO. The molecule has 2 heteroatoms. The Labute approximate surface area is 170 Å². The van der Waals surface area contributed by atoms with Gasteiger partial charge in [0.15, 0.2) is 0 Å². The second-order valence-corrected chi connectivity index (χ2v) is 8.12. The highest BCUT2D eigenvalue weighted by Gasteiger charge is 2.42. The van der Waals surface area contributed by atoms with Gasteiger partial charge in [0.05, 0.1) is 6.10 Å². The van der Waals surface area contributed by atoms with E-state index in [0.717, 1.165) is 19.4 Å². The summed E-state index contributed by atoms with van der Waals surface area (Å²) < 4.78 is 0. The lowest BCUT2D eigenvalue weighted by Crippen LogP contribution is -2.23. The van der Waals surface area contributed by atoms with Gasteiger partial charge in [-0.25, -0.2) is 0 Å². The minimum absolute atomic E-state index is 0.276. The normalized spacial score (nSPS) is 21.0. The lowest BCUT2D eigenvalue weighted by molar-refractivity contribution is 0.149. The average molecular weight is 378 g/mol. The van der Waals surface area contributed by atoms with Gasteiger partial charge in [0, 0.05) is 18.6 Å². The fourth-order valence-electron chi connectivity index (χ4n) is 3.93. The number of benzene rings is 2. The van der Waals surface area contributed by atoms with Crippen LogP contribution in [-0.2, 0) is 6.42 Å². The largest absolute Gasteiger partial charge is 0.391 e. The molecule has 2 aromatic rings. The molecule has 0 bridgehead atoms. The molecule has 1 heterocycles.